The van der Waals surface area contributed by atoms with E-state index in [1.165, 1.54) is 32.8 Å². The highest BCUT2D eigenvalue weighted by atomic mass is 35.5. The van der Waals surface area contributed by atoms with Crippen molar-refractivity contribution in [2.45, 2.75) is 0 Å². The van der Waals surface area contributed by atoms with Crippen LogP contribution in [0.15, 0.2) is 29.7 Å². The minimum Gasteiger partial charge on any atom is -0.438 e. The third-order valence-corrected chi connectivity index (χ3v) is 3.11. The van der Waals surface area contributed by atoms with Gasteiger partial charge in [-0.05, 0) is 12.1 Å². The van der Waals surface area contributed by atoms with E-state index in [1.807, 2.05) is 0 Å². The normalized spacial score (nSPS) is 10.5. The Bertz CT molecular complexity index is 768. The van der Waals surface area contributed by atoms with Crippen molar-refractivity contribution < 1.29 is 14.4 Å². The number of anilines is 2. The van der Waals surface area contributed by atoms with Gasteiger partial charge in [0.15, 0.2) is 0 Å². The predicted octanol–water partition coefficient (Wildman–Crippen LogP) is 2.24. The molecule has 10 heteroatoms. The number of nitrogens with zero attached hydrogens (tertiary/aromatic N) is 3. The number of hydrogen-bond acceptors (Lipinski definition) is 7. The Kier molecular flexibility index (Phi) is 5.74. The lowest BCUT2D eigenvalue weighted by Gasteiger charge is -2.11. The van der Waals surface area contributed by atoms with E-state index in [0.717, 1.165) is 0 Å². The molecule has 0 unspecified atom stereocenters. The summed E-state index contributed by atoms with van der Waals surface area (Å²) in [5, 5.41) is 8.94. The molecule has 0 saturated heterocycles. The molecule has 0 aliphatic carbocycles. The zero-order valence-electron chi connectivity index (χ0n) is 12.9. The number of urea groups is 1. The van der Waals surface area contributed by atoms with Crippen molar-refractivity contribution in [2.75, 3.05) is 25.2 Å². The molecule has 4 N–H and O–H groups in total. The van der Waals surface area contributed by atoms with Gasteiger partial charge in [-0.15, -0.1) is 0 Å². The van der Waals surface area contributed by atoms with E-state index < -0.39 is 0 Å². The van der Waals surface area contributed by atoms with Gasteiger partial charge in [0.2, 0.25) is 5.88 Å². The zero-order chi connectivity index (χ0) is 17.5. The van der Waals surface area contributed by atoms with Gasteiger partial charge in [0.1, 0.15) is 30.6 Å². The van der Waals surface area contributed by atoms with E-state index in [-0.39, 0.29) is 17.7 Å². The molecule has 1 heterocycles. The number of hydrogen-bond donors (Lipinski definition) is 3. The highest BCUT2D eigenvalue weighted by Gasteiger charge is 2.12. The number of halogens is 1. The summed E-state index contributed by atoms with van der Waals surface area (Å²) in [4.78, 5) is 23.8. The Morgan fingerprint density at radius 3 is 2.88 bits per heavy atom. The third kappa shape index (κ3) is 4.23. The molecule has 0 aliphatic rings. The number of oxime groups is 1. The quantitative estimate of drug-likeness (QED) is 0.561. The van der Waals surface area contributed by atoms with Crippen molar-refractivity contribution in [1.29, 1.82) is 0 Å². The standard InChI is InChI=1S/C14H15ClN6O3/c1-17-14(22)21-11-4-3-8(5-10(11)15)24-13-9(6-20-23-2)12(16)18-7-19-13/h3-7H,1-2H3,(H2,16,18,19)(H2,17,21,22)/b20-6+. The number of benzene rings is 1. The first-order valence-electron chi connectivity index (χ1n) is 6.68. The van der Waals surface area contributed by atoms with Crippen molar-refractivity contribution in [3.8, 4) is 11.6 Å². The second-order valence-corrected chi connectivity index (χ2v) is 4.75. The Balaban J connectivity index is 2.26. The lowest BCUT2D eigenvalue weighted by molar-refractivity contribution is 0.215. The van der Waals surface area contributed by atoms with Crippen molar-refractivity contribution in [3.05, 3.63) is 35.1 Å². The van der Waals surface area contributed by atoms with E-state index >= 15 is 0 Å². The molecule has 1 aromatic heterocycles. The molecular weight excluding hydrogens is 336 g/mol. The molecule has 0 radical (unpaired) electrons. The van der Waals surface area contributed by atoms with Crippen LogP contribution in [0.5, 0.6) is 11.6 Å². The Morgan fingerprint density at radius 1 is 1.42 bits per heavy atom. The van der Waals surface area contributed by atoms with Gasteiger partial charge < -0.3 is 25.9 Å². The highest BCUT2D eigenvalue weighted by Crippen LogP contribution is 2.30. The molecule has 9 nitrogen and oxygen atoms in total. The summed E-state index contributed by atoms with van der Waals surface area (Å²) in [5.41, 5.74) is 6.58. The third-order valence-electron chi connectivity index (χ3n) is 2.80. The van der Waals surface area contributed by atoms with Crippen molar-refractivity contribution in [1.82, 2.24) is 15.3 Å². The largest absolute Gasteiger partial charge is 0.438 e. The van der Waals surface area contributed by atoms with Gasteiger partial charge in [0, 0.05) is 13.1 Å². The first-order valence-corrected chi connectivity index (χ1v) is 7.06. The maximum Gasteiger partial charge on any atom is 0.319 e. The Labute approximate surface area is 142 Å². The van der Waals surface area contributed by atoms with Crippen LogP contribution in [0.25, 0.3) is 0 Å². The highest BCUT2D eigenvalue weighted by molar-refractivity contribution is 6.33. The molecule has 0 atom stereocenters. The summed E-state index contributed by atoms with van der Waals surface area (Å²) in [5.74, 6) is 0.767. The molecule has 2 rings (SSSR count). The number of ether oxygens (including phenoxy) is 1. The van der Waals surface area contributed by atoms with Gasteiger partial charge in [-0.2, -0.15) is 0 Å². The van der Waals surface area contributed by atoms with Gasteiger partial charge >= 0.3 is 6.03 Å². The van der Waals surface area contributed by atoms with Gasteiger partial charge in [0.25, 0.3) is 0 Å². The van der Waals surface area contributed by atoms with Crippen LogP contribution in [0.4, 0.5) is 16.3 Å². The number of amides is 2. The summed E-state index contributed by atoms with van der Waals surface area (Å²) >= 11 is 6.13. The minimum absolute atomic E-state index is 0.185. The van der Waals surface area contributed by atoms with Gasteiger partial charge in [-0.25, -0.2) is 14.8 Å². The number of rotatable bonds is 5. The molecule has 2 amide bonds. The van der Waals surface area contributed by atoms with Crippen LogP contribution in [0, 0.1) is 0 Å². The Hall–Kier alpha value is -3.07. The number of nitrogens with one attached hydrogen (secondary N) is 2. The van der Waals surface area contributed by atoms with E-state index in [1.54, 1.807) is 12.1 Å². The van der Waals surface area contributed by atoms with Crippen molar-refractivity contribution in [3.63, 3.8) is 0 Å². The van der Waals surface area contributed by atoms with Gasteiger partial charge in [-0.1, -0.05) is 16.8 Å². The molecule has 0 spiro atoms. The molecule has 126 valence electrons. The van der Waals surface area contributed by atoms with Crippen LogP contribution in [-0.4, -0.2) is 36.4 Å². The van der Waals surface area contributed by atoms with E-state index in [0.29, 0.717) is 22.0 Å². The van der Waals surface area contributed by atoms with Gasteiger partial charge in [-0.3, -0.25) is 0 Å². The van der Waals surface area contributed by atoms with Crippen LogP contribution < -0.4 is 21.1 Å². The lowest BCUT2D eigenvalue weighted by atomic mass is 10.3. The molecular formula is C14H15ClN6O3. The molecule has 0 aliphatic heterocycles. The average molecular weight is 351 g/mol. The monoisotopic (exact) mass is 350 g/mol. The van der Waals surface area contributed by atoms with Crippen molar-refractivity contribution in [2.24, 2.45) is 5.16 Å². The number of carbonyl (C=O) groups excluding carboxylic acids is 1. The van der Waals surface area contributed by atoms with E-state index in [4.69, 9.17) is 22.1 Å². The average Bonchev–Trinajstić information content (AvgIpc) is 2.56. The number of nitrogen functional groups attached to an aromatic ring is 1. The maximum absolute atomic E-state index is 11.3. The molecule has 0 bridgehead atoms. The van der Waals surface area contributed by atoms with Crippen LogP contribution in [0.1, 0.15) is 5.56 Å². The summed E-state index contributed by atoms with van der Waals surface area (Å²) in [6.07, 6.45) is 2.60. The number of carbonyl (C=O) groups is 1. The summed E-state index contributed by atoms with van der Waals surface area (Å²) < 4.78 is 5.66. The molecule has 0 fully saturated rings. The Morgan fingerprint density at radius 2 is 2.21 bits per heavy atom. The van der Waals surface area contributed by atoms with E-state index in [9.17, 15) is 4.79 Å². The first kappa shape index (κ1) is 17.3. The van der Waals surface area contributed by atoms with Crippen LogP contribution in [0.2, 0.25) is 5.02 Å². The fourth-order valence-corrected chi connectivity index (χ4v) is 1.88. The second-order valence-electron chi connectivity index (χ2n) is 4.34. The minimum atomic E-state index is -0.382. The number of aromatic nitrogens is 2. The molecule has 24 heavy (non-hydrogen) atoms. The fourth-order valence-electron chi connectivity index (χ4n) is 1.66. The van der Waals surface area contributed by atoms with Gasteiger partial charge in [0.05, 0.1) is 16.9 Å². The zero-order valence-corrected chi connectivity index (χ0v) is 13.7. The summed E-state index contributed by atoms with van der Waals surface area (Å²) in [6.45, 7) is 0. The SMILES string of the molecule is CNC(=O)Nc1ccc(Oc2ncnc(N)c2/C=N/OC)cc1Cl. The smallest absolute Gasteiger partial charge is 0.319 e. The lowest BCUT2D eigenvalue weighted by Crippen LogP contribution is -2.24. The number of nitrogens with two attached hydrogens (primary N) is 1. The molecule has 2 aromatic rings. The summed E-state index contributed by atoms with van der Waals surface area (Å²) in [6, 6.07) is 4.36. The maximum atomic E-state index is 11.3. The van der Waals surface area contributed by atoms with Crippen LogP contribution >= 0.6 is 11.6 Å². The van der Waals surface area contributed by atoms with E-state index in [2.05, 4.69) is 30.6 Å². The summed E-state index contributed by atoms with van der Waals surface area (Å²) in [7, 11) is 2.90. The van der Waals surface area contributed by atoms with Crippen LogP contribution in [-0.2, 0) is 4.84 Å². The fraction of sp³-hybridized carbons (Fsp3) is 0.143. The first-order chi connectivity index (χ1) is 11.5. The molecule has 0 saturated carbocycles. The topological polar surface area (TPSA) is 124 Å². The molecule has 1 aromatic carbocycles. The second kappa shape index (κ2) is 7.97. The van der Waals surface area contributed by atoms with Crippen LogP contribution in [0.3, 0.4) is 0 Å². The predicted molar refractivity (Wildman–Crippen MR) is 90.7 cm³/mol. The van der Waals surface area contributed by atoms with Crippen molar-refractivity contribution >= 4 is 35.4 Å².